The van der Waals surface area contributed by atoms with E-state index in [4.69, 9.17) is 54.9 Å². The van der Waals surface area contributed by atoms with Crippen LogP contribution in [0.3, 0.4) is 0 Å². The number of Topliss-reactive ketones (excluding diaryl/α,β-unsaturated/α-hetero) is 2. The van der Waals surface area contributed by atoms with Crippen molar-refractivity contribution in [2.75, 3.05) is 67.5 Å². The van der Waals surface area contributed by atoms with E-state index in [1.807, 2.05) is 51.4 Å². The largest absolute Gasteiger partial charge is 2.00 e. The standard InChI is InChI=1S/C13H14BrNO2S.C13H12BrNO2S.C10H9BrN2O2S.C10H8BrNO2S.C9H6BrNOS.C8H4BrNO2S.C7H6BNO2.C7H15O4P.CH5N.CH4O.CH3.BrH.ClH.Li.Mg.H2O/c2*1-3-17-12(16)4-8(2)11-5-9-6-15-7-10(14)13(9)18-11;1-13(15-2)10(14)8-3-6-4-12-5-7(11)9(6)16-8;1-2-14-10(13)8-3-6-4-12-5-7(11)9(6)15-8;1-5(12)8-2-6-3-11-4-7(10)9(6)13-8;9-5-3-10-2-4-1-6(8(11)12)13-7(4)5;1-9-7-4-2-6(3-5-7)8(10)11;1-4-10-12(9,11-5-2)6-7(3)8;2*1-2;;;;;;/h5-8H,3-4H2,1-2H3;4-7H,3H2,1-2H3;3-5H,1-2H3;3-5H,2H2,1H3;2-4H,1H3;1-3H,(H,11,12);2-5,10-11H;4-6H2,1-3H3;2H2,1H3;2H,1H3;1H3;2*1H;;;1H2/q;;;;;;;;;;-1;;;+1;+2;/p-2/b;8-4+;;;;;;;;;;;;;;. The van der Waals surface area contributed by atoms with Gasteiger partial charge in [-0.15, -0.1) is 80.4 Å². The third-order valence-corrected chi connectivity index (χ3v) is 29.6. The van der Waals surface area contributed by atoms with Gasteiger partial charge in [0.1, 0.15) is 21.7 Å². The average Bonchev–Trinajstić information content (AvgIpc) is 1.58. The first-order chi connectivity index (χ1) is 57.2. The molecule has 0 saturated carbocycles. The zero-order chi connectivity index (χ0) is 89.5. The zero-order valence-corrected chi connectivity index (χ0v) is 89.8. The second kappa shape index (κ2) is 65.4. The number of pyridine rings is 6. The first-order valence-corrected chi connectivity index (χ1v) is 46.8. The Kier molecular flexibility index (Phi) is 64.8. The van der Waals surface area contributed by atoms with Crippen molar-refractivity contribution in [3.05, 3.63) is 216 Å². The Morgan fingerprint density at radius 2 is 0.897 bits per heavy atom. The van der Waals surface area contributed by atoms with E-state index in [1.165, 1.54) is 99.3 Å². The van der Waals surface area contributed by atoms with E-state index in [1.54, 1.807) is 151 Å². The summed E-state index contributed by atoms with van der Waals surface area (Å²) in [7, 11) is 0.970. The van der Waals surface area contributed by atoms with Gasteiger partial charge in [-0.25, -0.2) is 24.3 Å². The molecule has 1 aromatic carbocycles. The SMILES string of the molecule is CC(=O)c1cc2cncc(Br)c2s1.CCOC(=O)/C=C(\C)c1cc2cncc(Br)c2s1.CCOC(=O)CC(C)c1cc2cncc(Br)c2s1.CCOC(=O)c1cc2cncc(Br)c2s1.CCOP(=O)(CC(C)=O)OCC.CN.CO.CON(C)C(=O)c1cc2cncc(Br)c2s1.Cl.O=C(O)c1cc2cncc(Br)c2s1.[Br-].[C-]#[N+]c1ccc(B(O)O)cc1.[CH3-].[Li+].[Mg+2].[OH-]. The van der Waals surface area contributed by atoms with Crippen molar-refractivity contribution in [3.8, 4) is 0 Å². The number of halogens is 8. The van der Waals surface area contributed by atoms with Gasteiger partial charge in [0.25, 0.3) is 5.91 Å². The minimum absolute atomic E-state index is 0. The zero-order valence-electron chi connectivity index (χ0n) is 70.6. The number of carbonyl (C=O) groups excluding carboxylic acids is 6. The number of nitrogens with zero attached hydrogens (tertiary/aromatic N) is 8. The van der Waals surface area contributed by atoms with E-state index in [2.05, 4.69) is 142 Å². The number of amides is 1. The number of ether oxygens (including phenoxy) is 3. The van der Waals surface area contributed by atoms with E-state index in [0.29, 0.717) is 65.2 Å². The molecule has 0 aliphatic heterocycles. The van der Waals surface area contributed by atoms with Crippen LogP contribution in [0.5, 0.6) is 0 Å². The number of carboxylic acid groups (broad SMARTS) is 1. The van der Waals surface area contributed by atoms with Crippen LogP contribution in [-0.2, 0) is 47.0 Å². The first-order valence-electron chi connectivity index (χ1n) is 35.4. The number of nitrogens with two attached hydrogens (primary N) is 1. The van der Waals surface area contributed by atoms with Crippen LogP contribution >= 0.6 is 184 Å². The van der Waals surface area contributed by atoms with Crippen LogP contribution in [0.2, 0.25) is 0 Å². The maximum atomic E-state index is 11.8. The quantitative estimate of drug-likeness (QED) is 0.00691. The topological polar surface area (TPSA) is 414 Å². The van der Waals surface area contributed by atoms with Gasteiger partial charge in [0.15, 0.2) is 11.5 Å². The second-order valence-corrected chi connectivity index (χ2v) is 36.9. The molecule has 670 valence electrons. The first kappa shape index (κ1) is 125. The van der Waals surface area contributed by atoms with Crippen LogP contribution in [0, 0.1) is 14.0 Å². The summed E-state index contributed by atoms with van der Waals surface area (Å²) in [6, 6.07) is 17.4. The van der Waals surface area contributed by atoms with Crippen molar-refractivity contribution in [2.24, 2.45) is 5.73 Å². The van der Waals surface area contributed by atoms with Crippen molar-refractivity contribution < 1.29 is 128 Å². The number of hydroxylamine groups is 2. The summed E-state index contributed by atoms with van der Waals surface area (Å²) in [6.07, 6.45) is 22.8. The third kappa shape index (κ3) is 40.1. The number of aromatic nitrogens is 6. The number of aliphatic hydroxyl groups is 1. The predicted octanol–water partition coefficient (Wildman–Crippen LogP) is 15.4. The molecule has 1 amide bonds. The fraction of sp³-hybridized carbons (Fsp3) is 0.263. The Balaban J connectivity index is -0.00000136. The van der Waals surface area contributed by atoms with E-state index in [9.17, 15) is 38.1 Å². The molecule has 0 saturated heterocycles. The molecule has 1 atom stereocenters. The van der Waals surface area contributed by atoms with Gasteiger partial charge in [-0.05, 0) is 205 Å². The van der Waals surface area contributed by atoms with Gasteiger partial charge < -0.3 is 79.1 Å². The number of fused-ring (bicyclic) bond motifs is 6. The van der Waals surface area contributed by atoms with E-state index in [0.717, 1.165) is 105 Å². The Bertz CT molecular complexity index is 5640. The molecular formula is C80H88BBr7ClLiMgN9O19PS6. The van der Waals surface area contributed by atoms with Crippen molar-refractivity contribution in [1.29, 1.82) is 0 Å². The van der Waals surface area contributed by atoms with Crippen LogP contribution in [0.15, 0.2) is 168 Å². The Morgan fingerprint density at radius 1 is 0.556 bits per heavy atom. The molecule has 0 spiro atoms. The molecule has 0 fully saturated rings. The number of esters is 3. The molecule has 46 heteroatoms. The monoisotopic (exact) mass is 2330 g/mol. The maximum absolute atomic E-state index is 11.8. The van der Waals surface area contributed by atoms with Gasteiger partial charge in [-0.2, -0.15) is 0 Å². The molecule has 0 aliphatic carbocycles. The number of rotatable bonds is 20. The van der Waals surface area contributed by atoms with Crippen molar-refractivity contribution in [1.82, 2.24) is 35.0 Å². The smallest absolute Gasteiger partial charge is 1.00 e. The molecule has 7 N–H and O–H groups in total. The molecule has 13 aromatic rings. The molecule has 126 heavy (non-hydrogen) atoms. The van der Waals surface area contributed by atoms with Crippen LogP contribution in [0.1, 0.15) is 123 Å². The van der Waals surface area contributed by atoms with Crippen LogP contribution in [0.4, 0.5) is 5.69 Å². The van der Waals surface area contributed by atoms with Gasteiger partial charge in [0.2, 0.25) is 0 Å². The van der Waals surface area contributed by atoms with Gasteiger partial charge in [0.05, 0.1) is 118 Å². The molecule has 0 aliphatic rings. The molecule has 0 radical (unpaired) electrons. The summed E-state index contributed by atoms with van der Waals surface area (Å²) in [5.74, 6) is -1.67. The summed E-state index contributed by atoms with van der Waals surface area (Å²) in [6.45, 7) is 24.2. The number of aliphatic hydroxyl groups excluding tert-OH is 1. The number of benzene rings is 1. The molecule has 28 nitrogen and oxygen atoms in total. The maximum Gasteiger partial charge on any atom is 2.00 e. The van der Waals surface area contributed by atoms with E-state index in [-0.39, 0.29) is 132 Å². The van der Waals surface area contributed by atoms with Crippen molar-refractivity contribution in [3.63, 3.8) is 0 Å². The Hall–Kier alpha value is -5.21. The van der Waals surface area contributed by atoms with Crippen molar-refractivity contribution in [2.45, 2.75) is 74.7 Å². The molecule has 12 heterocycles. The van der Waals surface area contributed by atoms with Gasteiger partial charge in [0, 0.05) is 143 Å². The summed E-state index contributed by atoms with van der Waals surface area (Å²) < 4.78 is 48.1. The number of carboxylic acids is 1. The summed E-state index contributed by atoms with van der Waals surface area (Å²) in [4.78, 5) is 116. The Labute approximate surface area is 849 Å². The molecule has 0 bridgehead atoms. The fourth-order valence-corrected chi connectivity index (χ4v) is 20.4. The number of carbonyl (C=O) groups is 7. The number of aromatic carboxylic acids is 1. The number of thiophene rings is 6. The molecule has 13 rings (SSSR count). The molecular weight excluding hydrogens is 2250 g/mol. The normalized spacial score (nSPS) is 10.3. The van der Waals surface area contributed by atoms with E-state index >= 15 is 0 Å². The number of ketones is 2. The van der Waals surface area contributed by atoms with Crippen LogP contribution in [-0.4, -0.2) is 200 Å². The predicted molar refractivity (Wildman–Crippen MR) is 524 cm³/mol. The van der Waals surface area contributed by atoms with Crippen LogP contribution in [0.25, 0.3) is 70.9 Å². The number of hydrogen-bond donors (Lipinski definition) is 5. The van der Waals surface area contributed by atoms with Gasteiger partial charge >= 0.3 is 80.5 Å². The van der Waals surface area contributed by atoms with Crippen LogP contribution < -0.4 is 47.0 Å². The van der Waals surface area contributed by atoms with Crippen molar-refractivity contribution >= 4 is 332 Å². The van der Waals surface area contributed by atoms with Gasteiger partial charge in [-0.1, -0.05) is 31.2 Å². The average molecular weight is 2340 g/mol. The summed E-state index contributed by atoms with van der Waals surface area (Å²) >= 11 is 29.4. The minimum atomic E-state index is -3.12. The third-order valence-electron chi connectivity index (χ3n) is 14.8. The molecule has 1 unspecified atom stereocenters. The summed E-state index contributed by atoms with van der Waals surface area (Å²) in [5, 5.41) is 40.2. The fourth-order valence-electron chi connectivity index (χ4n) is 9.48. The minimum Gasteiger partial charge on any atom is -1.00 e. The Morgan fingerprint density at radius 3 is 1.24 bits per heavy atom. The second-order valence-electron chi connectivity index (χ2n) is 23.4. The van der Waals surface area contributed by atoms with Gasteiger partial charge in [-0.3, -0.25) is 58.5 Å². The molecule has 12 aromatic heterocycles. The summed E-state index contributed by atoms with van der Waals surface area (Å²) in [5.41, 5.74) is 6.30. The van der Waals surface area contributed by atoms with E-state index < -0.39 is 20.7 Å². The number of allylic oxidation sites excluding steroid dienone is 1. The number of hydrogen-bond acceptors (Lipinski definition) is 31.